The Morgan fingerprint density at radius 2 is 1.77 bits per heavy atom. The van der Waals surface area contributed by atoms with Crippen molar-refractivity contribution in [3.05, 3.63) is 71.9 Å². The van der Waals surface area contributed by atoms with Crippen molar-refractivity contribution < 1.29 is 17.9 Å². The molecule has 1 aliphatic carbocycles. The van der Waals surface area contributed by atoms with E-state index in [2.05, 4.69) is 30.9 Å². The number of aromatic nitrogens is 5. The maximum absolute atomic E-state index is 12.6. The highest BCUT2D eigenvalue weighted by Crippen LogP contribution is 2.36. The molecule has 2 fully saturated rings. The van der Waals surface area contributed by atoms with Gasteiger partial charge in [-0.15, -0.1) is 0 Å². The first-order valence-electron chi connectivity index (χ1n) is 11.8. The summed E-state index contributed by atoms with van der Waals surface area (Å²) >= 11 is 0. The highest BCUT2D eigenvalue weighted by Gasteiger charge is 2.30. The second-order valence-electron chi connectivity index (χ2n) is 8.96. The summed E-state index contributed by atoms with van der Waals surface area (Å²) in [6.45, 7) is 2.76. The molecule has 1 aliphatic heterocycles. The van der Waals surface area contributed by atoms with Crippen molar-refractivity contribution in [2.24, 2.45) is 0 Å². The molecule has 3 aromatic heterocycles. The van der Waals surface area contributed by atoms with Crippen LogP contribution in [-0.4, -0.2) is 31.3 Å². The van der Waals surface area contributed by atoms with Crippen molar-refractivity contribution in [3.8, 4) is 11.3 Å². The number of pyridine rings is 1. The fourth-order valence-corrected chi connectivity index (χ4v) is 4.15. The van der Waals surface area contributed by atoms with Gasteiger partial charge in [-0.05, 0) is 63.3 Å². The molecule has 6 nitrogen and oxygen atoms in total. The van der Waals surface area contributed by atoms with Gasteiger partial charge in [-0.1, -0.05) is 12.1 Å². The molecule has 4 aromatic rings. The number of halogens is 3. The third kappa shape index (κ3) is 5.51. The Kier molecular flexibility index (Phi) is 6.51. The first kappa shape index (κ1) is 23.4. The van der Waals surface area contributed by atoms with Gasteiger partial charge in [0.25, 0.3) is 0 Å². The molecule has 35 heavy (non-hydrogen) atoms. The van der Waals surface area contributed by atoms with Crippen LogP contribution in [0.2, 0.25) is 0 Å². The van der Waals surface area contributed by atoms with Crippen molar-refractivity contribution >= 4 is 11.0 Å². The van der Waals surface area contributed by atoms with Gasteiger partial charge in [0, 0.05) is 35.0 Å². The van der Waals surface area contributed by atoms with Crippen LogP contribution in [0.5, 0.6) is 0 Å². The molecule has 0 radical (unpaired) electrons. The molecule has 4 heterocycles. The highest BCUT2D eigenvalue weighted by atomic mass is 19.4. The minimum atomic E-state index is -4.34. The number of ether oxygens (including phenoxy) is 1. The lowest BCUT2D eigenvalue weighted by molar-refractivity contribution is -0.137. The molecule has 0 spiro atoms. The Bertz CT molecular complexity index is 1290. The zero-order chi connectivity index (χ0) is 24.4. The van der Waals surface area contributed by atoms with E-state index in [1.54, 1.807) is 0 Å². The number of alkyl halides is 3. The Balaban J connectivity index is 0.000000156. The van der Waals surface area contributed by atoms with Gasteiger partial charge in [-0.25, -0.2) is 15.0 Å². The lowest BCUT2D eigenvalue weighted by Crippen LogP contribution is -2.10. The zero-order valence-electron chi connectivity index (χ0n) is 19.4. The molecule has 1 saturated carbocycles. The van der Waals surface area contributed by atoms with E-state index in [9.17, 15) is 13.2 Å². The van der Waals surface area contributed by atoms with Gasteiger partial charge in [0.1, 0.15) is 6.33 Å². The number of nitrogens with zero attached hydrogens (tertiary/aromatic N) is 5. The standard InChI is InChI=1S/C15H10F3N3.C11H16N2O/c1-9-2-7-12-13(19-8-20-14(12)21-9)10-3-5-11(6-4-10)15(16,17)18;1-2-6-14-11(3-1)9-7-12-13(8-9)10-4-5-10/h2-8H,1H3;7-8,10-11H,1-6H2. The van der Waals surface area contributed by atoms with Gasteiger partial charge < -0.3 is 4.74 Å². The van der Waals surface area contributed by atoms with E-state index < -0.39 is 11.7 Å². The Labute approximate surface area is 201 Å². The normalized spacial score (nSPS) is 18.2. The number of hydrogen-bond acceptors (Lipinski definition) is 5. The Morgan fingerprint density at radius 3 is 2.46 bits per heavy atom. The summed E-state index contributed by atoms with van der Waals surface area (Å²) in [5.74, 6) is 0. The van der Waals surface area contributed by atoms with Crippen LogP contribution in [0, 0.1) is 6.92 Å². The van der Waals surface area contributed by atoms with E-state index in [0.29, 0.717) is 34.4 Å². The Morgan fingerprint density at radius 1 is 0.971 bits per heavy atom. The van der Waals surface area contributed by atoms with Crippen molar-refractivity contribution in [3.63, 3.8) is 0 Å². The van der Waals surface area contributed by atoms with Crippen LogP contribution in [0.4, 0.5) is 13.2 Å². The molecule has 0 N–H and O–H groups in total. The molecule has 1 saturated heterocycles. The van der Waals surface area contributed by atoms with Crippen LogP contribution >= 0.6 is 0 Å². The molecule has 0 bridgehead atoms. The van der Waals surface area contributed by atoms with E-state index in [1.165, 1.54) is 49.7 Å². The van der Waals surface area contributed by atoms with Gasteiger partial charge in [-0.2, -0.15) is 18.3 Å². The van der Waals surface area contributed by atoms with Gasteiger partial charge in [0.15, 0.2) is 5.65 Å². The predicted octanol–water partition coefficient (Wildman–Crippen LogP) is 6.48. The topological polar surface area (TPSA) is 65.7 Å². The molecular formula is C26H26F3N5O. The van der Waals surface area contributed by atoms with Crippen molar-refractivity contribution in [2.45, 2.75) is 57.3 Å². The van der Waals surface area contributed by atoms with Crippen LogP contribution in [0.3, 0.4) is 0 Å². The second-order valence-corrected chi connectivity index (χ2v) is 8.96. The maximum atomic E-state index is 12.6. The Hall–Kier alpha value is -3.33. The van der Waals surface area contributed by atoms with E-state index in [0.717, 1.165) is 30.9 Å². The third-order valence-electron chi connectivity index (χ3n) is 6.22. The fraction of sp³-hybridized carbons (Fsp3) is 0.385. The van der Waals surface area contributed by atoms with Crippen molar-refractivity contribution in [1.29, 1.82) is 0 Å². The second kappa shape index (κ2) is 9.73. The summed E-state index contributed by atoms with van der Waals surface area (Å²) in [4.78, 5) is 12.5. The van der Waals surface area contributed by atoms with Crippen LogP contribution in [0.15, 0.2) is 55.1 Å². The van der Waals surface area contributed by atoms with Gasteiger partial charge in [0.2, 0.25) is 0 Å². The quantitative estimate of drug-likeness (QED) is 0.335. The summed E-state index contributed by atoms with van der Waals surface area (Å²) in [6.07, 6.45) is 7.76. The van der Waals surface area contributed by atoms with E-state index in [4.69, 9.17) is 4.74 Å². The first-order valence-corrected chi connectivity index (χ1v) is 11.8. The zero-order valence-corrected chi connectivity index (χ0v) is 19.4. The van der Waals surface area contributed by atoms with Crippen LogP contribution < -0.4 is 0 Å². The largest absolute Gasteiger partial charge is 0.416 e. The number of fused-ring (bicyclic) bond motifs is 1. The van der Waals surface area contributed by atoms with Crippen LogP contribution in [-0.2, 0) is 10.9 Å². The maximum Gasteiger partial charge on any atom is 0.416 e. The molecule has 1 unspecified atom stereocenters. The lowest BCUT2D eigenvalue weighted by Gasteiger charge is -2.21. The minimum absolute atomic E-state index is 0.316. The summed E-state index contributed by atoms with van der Waals surface area (Å²) in [7, 11) is 0. The molecule has 182 valence electrons. The number of aryl methyl sites for hydroxylation is 1. The van der Waals surface area contributed by atoms with Crippen molar-refractivity contribution in [2.75, 3.05) is 6.61 Å². The predicted molar refractivity (Wildman–Crippen MR) is 126 cm³/mol. The third-order valence-corrected chi connectivity index (χ3v) is 6.22. The average Bonchev–Trinajstić information content (AvgIpc) is 3.60. The molecule has 1 atom stereocenters. The van der Waals surface area contributed by atoms with Crippen LogP contribution in [0.25, 0.3) is 22.3 Å². The van der Waals surface area contributed by atoms with Gasteiger partial charge in [0.05, 0.1) is 29.6 Å². The van der Waals surface area contributed by atoms with Crippen LogP contribution in [0.1, 0.15) is 61.1 Å². The lowest BCUT2D eigenvalue weighted by atomic mass is 10.0. The number of hydrogen-bond donors (Lipinski definition) is 0. The molecule has 6 rings (SSSR count). The summed E-state index contributed by atoms with van der Waals surface area (Å²) < 4.78 is 45.6. The first-order chi connectivity index (χ1) is 16.9. The van der Waals surface area contributed by atoms with E-state index in [-0.39, 0.29) is 0 Å². The molecule has 1 aromatic carbocycles. The number of benzene rings is 1. The fourth-order valence-electron chi connectivity index (χ4n) is 4.15. The molecule has 0 amide bonds. The van der Waals surface area contributed by atoms with Gasteiger partial charge in [-0.3, -0.25) is 4.68 Å². The minimum Gasteiger partial charge on any atom is -0.373 e. The number of rotatable bonds is 3. The monoisotopic (exact) mass is 481 g/mol. The highest BCUT2D eigenvalue weighted by molar-refractivity contribution is 5.89. The van der Waals surface area contributed by atoms with E-state index in [1.807, 2.05) is 25.3 Å². The average molecular weight is 482 g/mol. The summed E-state index contributed by atoms with van der Waals surface area (Å²) in [5.41, 5.74) is 3.11. The summed E-state index contributed by atoms with van der Waals surface area (Å²) in [6, 6.07) is 9.24. The SMILES string of the molecule is Cc1ccc2c(-c3ccc(C(F)(F)F)cc3)ncnc2n1.c1nn(C2CC2)cc1C1CCCCO1. The molecule has 2 aliphatic rings. The van der Waals surface area contributed by atoms with Crippen molar-refractivity contribution in [1.82, 2.24) is 24.7 Å². The molecular weight excluding hydrogens is 455 g/mol. The van der Waals surface area contributed by atoms with E-state index >= 15 is 0 Å². The summed E-state index contributed by atoms with van der Waals surface area (Å²) in [5, 5.41) is 5.10. The molecule has 9 heteroatoms. The smallest absolute Gasteiger partial charge is 0.373 e. The van der Waals surface area contributed by atoms with Gasteiger partial charge >= 0.3 is 6.18 Å².